The molecule has 1 rings (SSSR count). The topological polar surface area (TPSA) is 35.6 Å². The molecule has 1 aliphatic rings. The predicted octanol–water partition coefficient (Wildman–Crippen LogP) is 34.0. The van der Waals surface area contributed by atoms with E-state index in [9.17, 15) is 0 Å². The van der Waals surface area contributed by atoms with Crippen LogP contribution in [0, 0.1) is 83.2 Å². The molecule has 11 nitrogen and oxygen atoms in total. The maximum absolute atomic E-state index is 2.59. The van der Waals surface area contributed by atoms with E-state index in [4.69, 9.17) is 0 Å². The third-order valence-corrected chi connectivity index (χ3v) is 24.0. The van der Waals surface area contributed by atoms with Crippen LogP contribution in [0.25, 0.3) is 0 Å². The molecule has 134 heavy (non-hydrogen) atoms. The molecule has 0 aliphatic heterocycles. The molecule has 0 spiro atoms. The van der Waals surface area contributed by atoms with Crippen molar-refractivity contribution < 1.29 is 0 Å². The molecule has 1 fully saturated rings. The molecule has 0 radical (unpaired) electrons. The van der Waals surface area contributed by atoms with Gasteiger partial charge in [0.15, 0.2) is 0 Å². The van der Waals surface area contributed by atoms with Gasteiger partial charge in [0.1, 0.15) is 0 Å². The summed E-state index contributed by atoms with van der Waals surface area (Å²) in [4.78, 5) is 27.9. The Morgan fingerprint density at radius 2 is 0.500 bits per heavy atom. The van der Waals surface area contributed by atoms with Crippen molar-refractivity contribution >= 4 is 11.8 Å². The average molecular weight is 1930 g/mol. The molecule has 0 aromatic rings. The minimum Gasteiger partial charge on any atom is -0.308 e. The van der Waals surface area contributed by atoms with Gasteiger partial charge in [0.05, 0.1) is 0 Å². The van der Waals surface area contributed by atoms with Crippen LogP contribution in [0.2, 0.25) is 0 Å². The molecule has 0 heterocycles. The molecule has 822 valence electrons. The van der Waals surface area contributed by atoms with E-state index >= 15 is 0 Å². The summed E-state index contributed by atoms with van der Waals surface area (Å²) in [5, 5.41) is 0. The van der Waals surface area contributed by atoms with Crippen LogP contribution in [0.4, 0.5) is 0 Å². The molecule has 12 heteroatoms. The van der Waals surface area contributed by atoms with Crippen LogP contribution < -0.4 is 0 Å². The van der Waals surface area contributed by atoms with Gasteiger partial charge < -0.3 is 53.9 Å². The van der Waals surface area contributed by atoms with E-state index in [1.807, 2.05) is 11.8 Å². The van der Waals surface area contributed by atoms with E-state index in [1.165, 1.54) is 324 Å². The van der Waals surface area contributed by atoms with Crippen molar-refractivity contribution in [3.05, 3.63) is 0 Å². The van der Waals surface area contributed by atoms with Gasteiger partial charge in [-0.05, 0) is 272 Å². The van der Waals surface area contributed by atoms with Crippen molar-refractivity contribution in [3.63, 3.8) is 0 Å². The van der Waals surface area contributed by atoms with E-state index in [2.05, 4.69) is 434 Å². The number of rotatable bonds is 56. The number of hydrogen-bond donors (Lipinski definition) is 0. The lowest BCUT2D eigenvalue weighted by molar-refractivity contribution is 0.170. The fourth-order valence-corrected chi connectivity index (χ4v) is 16.9. The van der Waals surface area contributed by atoms with E-state index in [1.54, 1.807) is 0 Å². The number of thioether (sulfide) groups is 1. The summed E-state index contributed by atoms with van der Waals surface area (Å²) in [5.74, 6) is 4.89. The van der Waals surface area contributed by atoms with Gasteiger partial charge in [-0.3, -0.25) is 0 Å². The Bertz CT molecular complexity index is 2330. The molecule has 1 atom stereocenters. The Kier molecular flexibility index (Phi) is 97.4. The second-order valence-corrected chi connectivity index (χ2v) is 56.1. The van der Waals surface area contributed by atoms with Crippen LogP contribution in [-0.2, 0) is 0 Å². The SMILES string of the molecule is CCC(CC)CN(CC)CC(C)(C)C.CCCC(C)CN(CC)CC(C)(C)C.CCCCCCCN(CC)CC(C)(C)C.CCCCCCN(CC)CC(C)(C)C.CCCCN(CC)CC(C)(C)C.CCN(CC1CC1)CC(C)(C)C.CCN(CCC(C)(C)C)CC(C)(C)C.CCN(CCC(C)C)CC(C)(C)C.CCN(CCCSC)CC(C)(C)C.CCN(CCN(C)C)CC(C)(C)C. The van der Waals surface area contributed by atoms with Crippen molar-refractivity contribution in [2.75, 3.05) is 229 Å². The van der Waals surface area contributed by atoms with E-state index < -0.39 is 0 Å². The molecule has 1 unspecified atom stereocenters. The van der Waals surface area contributed by atoms with Crippen molar-refractivity contribution in [2.24, 2.45) is 83.2 Å². The Morgan fingerprint density at radius 1 is 0.246 bits per heavy atom. The normalized spacial score (nSPS) is 13.5. The summed E-state index contributed by atoms with van der Waals surface area (Å²) in [6.45, 7) is 158. The number of likely N-dealkylation sites (N-methyl/N-ethyl adjacent to an activating group) is 2. The lowest BCUT2D eigenvalue weighted by atomic mass is 9.91. The predicted molar refractivity (Wildman–Crippen MR) is 629 cm³/mol. The first-order valence-electron chi connectivity index (χ1n) is 57.5. The molecule has 0 N–H and O–H groups in total. The highest BCUT2D eigenvalue weighted by molar-refractivity contribution is 7.98. The minimum atomic E-state index is 0.419. The molecule has 0 saturated heterocycles. The van der Waals surface area contributed by atoms with Crippen LogP contribution in [-0.4, -0.2) is 283 Å². The van der Waals surface area contributed by atoms with Gasteiger partial charge in [0, 0.05) is 98.2 Å². The lowest BCUT2D eigenvalue weighted by Gasteiger charge is -2.31. The molecular weight excluding hydrogens is 1650 g/mol. The van der Waals surface area contributed by atoms with Gasteiger partial charge >= 0.3 is 0 Å². The van der Waals surface area contributed by atoms with Gasteiger partial charge in [0.25, 0.3) is 0 Å². The third kappa shape index (κ3) is 134. The Morgan fingerprint density at radius 3 is 0.754 bits per heavy atom. The molecule has 0 aromatic heterocycles. The summed E-state index contributed by atoms with van der Waals surface area (Å²) in [5.41, 5.74) is 4.85. The van der Waals surface area contributed by atoms with Gasteiger partial charge in [-0.1, -0.05) is 431 Å². The fraction of sp³-hybridized carbons (Fsp3) is 1.00. The third-order valence-electron chi connectivity index (χ3n) is 23.3. The van der Waals surface area contributed by atoms with Crippen molar-refractivity contribution in [2.45, 2.75) is 488 Å². The molecule has 0 amide bonds. The summed E-state index contributed by atoms with van der Waals surface area (Å²) < 4.78 is 0. The number of hydrogen-bond acceptors (Lipinski definition) is 12. The van der Waals surface area contributed by atoms with E-state index in [-0.39, 0.29) is 0 Å². The molecule has 0 bridgehead atoms. The van der Waals surface area contributed by atoms with Gasteiger partial charge in [-0.2, -0.15) is 11.8 Å². The summed E-state index contributed by atoms with van der Waals surface area (Å²) >= 11 is 1.95. The summed E-state index contributed by atoms with van der Waals surface area (Å²) in [6, 6.07) is 0. The Balaban J connectivity index is -0.000000185. The molecule has 0 aromatic carbocycles. The van der Waals surface area contributed by atoms with Crippen LogP contribution in [0.1, 0.15) is 488 Å². The average Bonchev–Trinajstić information content (AvgIpc) is 1.69. The smallest absolute Gasteiger partial charge is 0.0109 e. The summed E-state index contributed by atoms with van der Waals surface area (Å²) in [6.07, 6.45) is 29.5. The maximum atomic E-state index is 2.59. The summed E-state index contributed by atoms with van der Waals surface area (Å²) in [7, 11) is 4.26. The van der Waals surface area contributed by atoms with E-state index in [0.717, 1.165) is 36.8 Å². The molecule has 1 aliphatic carbocycles. The highest BCUT2D eigenvalue weighted by Crippen LogP contribution is 2.31. The fourth-order valence-electron chi connectivity index (χ4n) is 16.5. The molecule has 1 saturated carbocycles. The first-order valence-corrected chi connectivity index (χ1v) is 58.9. The number of nitrogens with zero attached hydrogens (tertiary/aromatic N) is 11. The largest absolute Gasteiger partial charge is 0.308 e. The van der Waals surface area contributed by atoms with Crippen LogP contribution >= 0.6 is 11.8 Å². The second-order valence-electron chi connectivity index (χ2n) is 55.2. The zero-order valence-corrected chi connectivity index (χ0v) is 106. The zero-order chi connectivity index (χ0) is 107. The standard InChI is InChI=1S/C14H31N.4C13H29N.C12H27N.C11H26N2.C11H25NS.C11H23N.C11H25N/c1-6-8-9-10-11-12-15(7-2)13-14(3,4)5;1-8-14(11-13(5,6)7)10-9-12(2,3)4;1-7-9-12(3)10-14(8-2)11-13(4,5)6;1-7-12(8-2)10-14(9-3)11-13(4,5)6;1-6-8-9-10-11-14(7-2)12-13(3,4)5;1-7-13(9-8-11(2)3)10-12(4,5)6;1-7-13(9-8-12(5)6)10-11(2,3)4;1-6-12(8-7-9-13-5)10-11(2,3)4;1-5-12(8-10-6-7-10)9-11(2,3)4;1-6-8-9-12(7-2)10-11(3,4)5/h6-13H2,1-5H3;8-11H2,1-7H3;2*12H,7-11H2,1-6H3;6-12H2,1-5H3;11H,7-10H2,1-6H3;7-10H2,1-6H3;6-10H2,1-5H3;10H,5-9H2,1-4H3;6-10H2,1-5H3. The highest BCUT2D eigenvalue weighted by atomic mass is 32.2. The number of unbranched alkanes of at least 4 members (excludes halogenated alkanes) is 8. The van der Waals surface area contributed by atoms with Crippen LogP contribution in [0.15, 0.2) is 0 Å². The van der Waals surface area contributed by atoms with E-state index in [0.29, 0.717) is 59.6 Å². The maximum Gasteiger partial charge on any atom is 0.0109 e. The lowest BCUT2D eigenvalue weighted by Crippen LogP contribution is -2.37. The first kappa shape index (κ1) is 152. The molecular formula is C122H273N11S. The quantitative estimate of drug-likeness (QED) is 0.0545. The van der Waals surface area contributed by atoms with Crippen molar-refractivity contribution in [3.8, 4) is 0 Å². The highest BCUT2D eigenvalue weighted by Gasteiger charge is 2.27. The minimum absolute atomic E-state index is 0.419. The zero-order valence-electron chi connectivity index (χ0n) is 105. The Hall–Kier alpha value is -0.0900. The van der Waals surface area contributed by atoms with Crippen LogP contribution in [0.5, 0.6) is 0 Å². The van der Waals surface area contributed by atoms with Crippen molar-refractivity contribution in [1.29, 1.82) is 0 Å². The van der Waals surface area contributed by atoms with Gasteiger partial charge in [-0.15, -0.1) is 0 Å². The monoisotopic (exact) mass is 1930 g/mol. The first-order chi connectivity index (χ1) is 61.1. The van der Waals surface area contributed by atoms with Gasteiger partial charge in [-0.25, -0.2) is 0 Å². The second kappa shape index (κ2) is 86.1. The van der Waals surface area contributed by atoms with Crippen molar-refractivity contribution in [1.82, 2.24) is 53.9 Å². The van der Waals surface area contributed by atoms with Crippen LogP contribution in [0.3, 0.4) is 0 Å². The van der Waals surface area contributed by atoms with Gasteiger partial charge in [0.2, 0.25) is 0 Å². The Labute approximate surface area is 860 Å².